The minimum atomic E-state index is -0.272. The zero-order valence-electron chi connectivity index (χ0n) is 21.0. The molecule has 0 aliphatic heterocycles. The minimum Gasteiger partial charge on any atom is -0.496 e. The van der Waals surface area contributed by atoms with Crippen molar-refractivity contribution in [3.63, 3.8) is 0 Å². The minimum absolute atomic E-state index is 0.0938. The van der Waals surface area contributed by atoms with Gasteiger partial charge in [-0.15, -0.1) is 0 Å². The Morgan fingerprint density at radius 3 is 2.61 bits per heavy atom. The smallest absolute Gasteiger partial charge is 0.319 e. The summed E-state index contributed by atoms with van der Waals surface area (Å²) >= 11 is 0. The summed E-state index contributed by atoms with van der Waals surface area (Å²) in [6, 6.07) is 10.7. The number of ether oxygens (including phenoxy) is 3. The molecule has 0 saturated heterocycles. The number of aromatic nitrogens is 1. The van der Waals surface area contributed by atoms with Gasteiger partial charge in [0.15, 0.2) is 0 Å². The molecule has 36 heavy (non-hydrogen) atoms. The monoisotopic (exact) mass is 492 g/mol. The predicted molar refractivity (Wildman–Crippen MR) is 138 cm³/mol. The van der Waals surface area contributed by atoms with Crippen LogP contribution in [0.15, 0.2) is 42.6 Å². The highest BCUT2D eigenvalue weighted by molar-refractivity contribution is 6.02. The molecular weight excluding hydrogens is 460 g/mol. The second-order valence-corrected chi connectivity index (χ2v) is 9.01. The van der Waals surface area contributed by atoms with E-state index in [0.29, 0.717) is 52.6 Å². The highest BCUT2D eigenvalue weighted by Gasteiger charge is 2.23. The van der Waals surface area contributed by atoms with E-state index in [2.05, 4.69) is 20.9 Å². The number of fused-ring (bicyclic) bond motifs is 1. The first kappa shape index (κ1) is 25.2. The van der Waals surface area contributed by atoms with Crippen molar-refractivity contribution in [3.8, 4) is 17.2 Å². The van der Waals surface area contributed by atoms with Crippen molar-refractivity contribution >= 4 is 28.5 Å². The number of rotatable bonds is 10. The molecule has 1 heterocycles. The number of benzene rings is 2. The molecule has 3 amide bonds. The van der Waals surface area contributed by atoms with Crippen LogP contribution in [-0.2, 0) is 4.74 Å². The molecule has 9 heteroatoms. The van der Waals surface area contributed by atoms with Crippen LogP contribution < -0.4 is 25.4 Å². The van der Waals surface area contributed by atoms with E-state index in [1.807, 2.05) is 32.9 Å². The number of hydrogen-bond donors (Lipinski definition) is 3. The Bertz CT molecular complexity index is 1260. The molecule has 190 valence electrons. The highest BCUT2D eigenvalue weighted by Crippen LogP contribution is 2.34. The third kappa shape index (κ3) is 6.42. The SMILES string of the molecule is COc1cc2nccc(Oc3ccc(NC(=O)NC4CC4)c(C)c3)c2cc1C(=O)NCCOC(C)C. The van der Waals surface area contributed by atoms with Gasteiger partial charge in [0.1, 0.15) is 17.2 Å². The average molecular weight is 493 g/mol. The van der Waals surface area contributed by atoms with Crippen LogP contribution in [0.5, 0.6) is 17.2 Å². The van der Waals surface area contributed by atoms with E-state index in [1.54, 1.807) is 30.5 Å². The Morgan fingerprint density at radius 1 is 1.11 bits per heavy atom. The molecule has 1 aliphatic rings. The van der Waals surface area contributed by atoms with Gasteiger partial charge in [-0.1, -0.05) is 0 Å². The zero-order valence-corrected chi connectivity index (χ0v) is 21.0. The van der Waals surface area contributed by atoms with Crippen LogP contribution in [0.25, 0.3) is 10.9 Å². The lowest BCUT2D eigenvalue weighted by Gasteiger charge is -2.15. The van der Waals surface area contributed by atoms with E-state index >= 15 is 0 Å². The Morgan fingerprint density at radius 2 is 1.92 bits per heavy atom. The summed E-state index contributed by atoms with van der Waals surface area (Å²) in [6.07, 6.45) is 3.79. The lowest BCUT2D eigenvalue weighted by molar-refractivity contribution is 0.0745. The fourth-order valence-electron chi connectivity index (χ4n) is 3.68. The Balaban J connectivity index is 1.53. The quantitative estimate of drug-likeness (QED) is 0.351. The van der Waals surface area contributed by atoms with Gasteiger partial charge < -0.3 is 30.2 Å². The Labute approximate surface area is 210 Å². The number of carbonyl (C=O) groups excluding carboxylic acids is 2. The topological polar surface area (TPSA) is 111 Å². The van der Waals surface area contributed by atoms with Gasteiger partial charge in [-0.2, -0.15) is 0 Å². The molecule has 1 aliphatic carbocycles. The number of anilines is 1. The normalized spacial score (nSPS) is 12.9. The average Bonchev–Trinajstić information content (AvgIpc) is 3.66. The number of hydrogen-bond acceptors (Lipinski definition) is 6. The van der Waals surface area contributed by atoms with Crippen molar-refractivity contribution in [2.24, 2.45) is 0 Å². The number of methoxy groups -OCH3 is 1. The summed E-state index contributed by atoms with van der Waals surface area (Å²) in [5, 5.41) is 9.32. The van der Waals surface area contributed by atoms with Crippen molar-refractivity contribution < 1.29 is 23.8 Å². The standard InChI is InChI=1S/C27H32N4O5/c1-16(2)35-12-11-29-26(32)21-14-20-23(15-25(21)34-4)28-10-9-24(20)36-19-7-8-22(17(3)13-19)31-27(33)30-18-5-6-18/h7-10,13-16,18H,5-6,11-12H2,1-4H3,(H,29,32)(H2,30,31,33). The lowest BCUT2D eigenvalue weighted by Crippen LogP contribution is -2.30. The van der Waals surface area contributed by atoms with Gasteiger partial charge in [0, 0.05) is 35.9 Å². The van der Waals surface area contributed by atoms with Gasteiger partial charge >= 0.3 is 6.03 Å². The summed E-state index contributed by atoms with van der Waals surface area (Å²) in [5.74, 6) is 1.30. The maximum atomic E-state index is 12.9. The second kappa shape index (κ2) is 11.3. The molecule has 9 nitrogen and oxygen atoms in total. The number of carbonyl (C=O) groups is 2. The van der Waals surface area contributed by atoms with Gasteiger partial charge in [0.25, 0.3) is 5.91 Å². The fraction of sp³-hybridized carbons (Fsp3) is 0.370. The first-order chi connectivity index (χ1) is 17.3. The van der Waals surface area contributed by atoms with Crippen LogP contribution in [0, 0.1) is 6.92 Å². The molecule has 1 fully saturated rings. The number of nitrogens with one attached hydrogen (secondary N) is 3. The summed E-state index contributed by atoms with van der Waals surface area (Å²) in [4.78, 5) is 29.4. The first-order valence-corrected chi connectivity index (χ1v) is 12.1. The summed E-state index contributed by atoms with van der Waals surface area (Å²) in [7, 11) is 1.52. The summed E-state index contributed by atoms with van der Waals surface area (Å²) in [6.45, 7) is 6.59. The fourth-order valence-corrected chi connectivity index (χ4v) is 3.68. The molecule has 0 atom stereocenters. The third-order valence-corrected chi connectivity index (χ3v) is 5.69. The van der Waals surface area contributed by atoms with Gasteiger partial charge in [-0.25, -0.2) is 4.79 Å². The molecule has 0 unspecified atom stereocenters. The molecule has 0 radical (unpaired) electrons. The maximum absolute atomic E-state index is 12.9. The van der Waals surface area contributed by atoms with Gasteiger partial charge in [-0.05, 0) is 69.5 Å². The number of nitrogens with zero attached hydrogens (tertiary/aromatic N) is 1. The van der Waals surface area contributed by atoms with Crippen LogP contribution in [0.2, 0.25) is 0 Å². The summed E-state index contributed by atoms with van der Waals surface area (Å²) in [5.41, 5.74) is 2.59. The van der Waals surface area contributed by atoms with E-state index in [4.69, 9.17) is 14.2 Å². The van der Waals surface area contributed by atoms with E-state index in [1.165, 1.54) is 7.11 Å². The van der Waals surface area contributed by atoms with Crippen LogP contribution >= 0.6 is 0 Å². The largest absolute Gasteiger partial charge is 0.496 e. The molecule has 1 saturated carbocycles. The molecule has 1 aromatic heterocycles. The van der Waals surface area contributed by atoms with E-state index in [-0.39, 0.29) is 24.1 Å². The van der Waals surface area contributed by atoms with E-state index in [9.17, 15) is 9.59 Å². The molecule has 0 spiro atoms. The van der Waals surface area contributed by atoms with Gasteiger partial charge in [-0.3, -0.25) is 9.78 Å². The van der Waals surface area contributed by atoms with Crippen molar-refractivity contribution in [1.82, 2.24) is 15.6 Å². The summed E-state index contributed by atoms with van der Waals surface area (Å²) < 4.78 is 17.1. The molecule has 3 aromatic rings. The molecule has 2 aromatic carbocycles. The maximum Gasteiger partial charge on any atom is 0.319 e. The number of aryl methyl sites for hydroxylation is 1. The molecule has 3 N–H and O–H groups in total. The van der Waals surface area contributed by atoms with Crippen LogP contribution in [0.1, 0.15) is 42.6 Å². The molecule has 0 bridgehead atoms. The third-order valence-electron chi connectivity index (χ3n) is 5.69. The van der Waals surface area contributed by atoms with Crippen molar-refractivity contribution in [2.45, 2.75) is 45.8 Å². The predicted octanol–water partition coefficient (Wildman–Crippen LogP) is 4.78. The molecule has 4 rings (SSSR count). The second-order valence-electron chi connectivity index (χ2n) is 9.01. The Hall–Kier alpha value is -3.85. The van der Waals surface area contributed by atoms with Gasteiger partial charge in [0.2, 0.25) is 0 Å². The number of amides is 3. The molecular formula is C27H32N4O5. The number of urea groups is 1. The van der Waals surface area contributed by atoms with Crippen molar-refractivity contribution in [3.05, 3.63) is 53.7 Å². The first-order valence-electron chi connectivity index (χ1n) is 12.1. The van der Waals surface area contributed by atoms with E-state index in [0.717, 1.165) is 18.4 Å². The van der Waals surface area contributed by atoms with Gasteiger partial charge in [0.05, 0.1) is 30.9 Å². The zero-order chi connectivity index (χ0) is 25.7. The van der Waals surface area contributed by atoms with Crippen LogP contribution in [-0.4, -0.2) is 49.3 Å². The van der Waals surface area contributed by atoms with Crippen LogP contribution in [0.3, 0.4) is 0 Å². The van der Waals surface area contributed by atoms with Crippen LogP contribution in [0.4, 0.5) is 10.5 Å². The Kier molecular flexibility index (Phi) is 7.90. The lowest BCUT2D eigenvalue weighted by atomic mass is 10.1. The number of pyridine rings is 1. The highest BCUT2D eigenvalue weighted by atomic mass is 16.5. The van der Waals surface area contributed by atoms with Crippen molar-refractivity contribution in [2.75, 3.05) is 25.6 Å². The van der Waals surface area contributed by atoms with Crippen molar-refractivity contribution in [1.29, 1.82) is 0 Å². The van der Waals surface area contributed by atoms with E-state index < -0.39 is 0 Å².